The maximum absolute atomic E-state index is 9.87. The van der Waals surface area contributed by atoms with Gasteiger partial charge in [0.1, 0.15) is 12.7 Å². The first kappa shape index (κ1) is 7.97. The minimum absolute atomic E-state index is 0.126. The fourth-order valence-electron chi connectivity index (χ4n) is 0.236. The molecule has 52 valence electrons. The highest BCUT2D eigenvalue weighted by molar-refractivity contribution is 5.64. The highest BCUT2D eigenvalue weighted by Gasteiger charge is 1.99. The molecule has 0 saturated heterocycles. The monoisotopic (exact) mass is 131 g/mol. The molecule has 0 fully saturated rings. The van der Waals surface area contributed by atoms with Gasteiger partial charge in [-0.3, -0.25) is 0 Å². The van der Waals surface area contributed by atoms with E-state index in [9.17, 15) is 4.79 Å². The molecule has 9 heavy (non-hydrogen) atoms. The molecule has 4 nitrogen and oxygen atoms in total. The van der Waals surface area contributed by atoms with Crippen molar-refractivity contribution >= 4 is 6.09 Å². The molecule has 1 unspecified atom stereocenters. The lowest BCUT2D eigenvalue weighted by atomic mass is 10.4. The molecule has 1 amide bonds. The Kier molecular flexibility index (Phi) is 3.46. The van der Waals surface area contributed by atoms with Crippen LogP contribution in [0.1, 0.15) is 0 Å². The second kappa shape index (κ2) is 3.91. The van der Waals surface area contributed by atoms with E-state index in [-0.39, 0.29) is 6.61 Å². The van der Waals surface area contributed by atoms with Gasteiger partial charge in [0.05, 0.1) is 0 Å². The molecular weight excluding hydrogens is 122 g/mol. The molecule has 0 aromatic carbocycles. The molecule has 4 heteroatoms. The summed E-state index contributed by atoms with van der Waals surface area (Å²) in [5.41, 5.74) is 4.59. The topological polar surface area (TPSA) is 72.6 Å². The molecule has 0 aromatic rings. The maximum atomic E-state index is 9.87. The minimum Gasteiger partial charge on any atom is -0.447 e. The lowest BCUT2D eigenvalue weighted by molar-refractivity contribution is 0.0974. The molecule has 0 saturated carbocycles. The van der Waals surface area contributed by atoms with Gasteiger partial charge in [-0.1, -0.05) is 6.08 Å². The zero-order valence-corrected chi connectivity index (χ0v) is 4.91. The van der Waals surface area contributed by atoms with Crippen LogP contribution in [-0.4, -0.2) is 23.9 Å². The van der Waals surface area contributed by atoms with E-state index in [1.807, 2.05) is 0 Å². The van der Waals surface area contributed by atoms with E-state index in [0.29, 0.717) is 0 Å². The molecule has 0 aliphatic carbocycles. The molecule has 0 spiro atoms. The van der Waals surface area contributed by atoms with Crippen molar-refractivity contribution in [2.24, 2.45) is 5.73 Å². The van der Waals surface area contributed by atoms with Gasteiger partial charge >= 0.3 is 6.09 Å². The molecule has 0 aromatic heterocycles. The van der Waals surface area contributed by atoms with E-state index in [4.69, 9.17) is 5.11 Å². The largest absolute Gasteiger partial charge is 0.447 e. The zero-order valence-electron chi connectivity index (χ0n) is 4.91. The van der Waals surface area contributed by atoms with Crippen LogP contribution in [0.4, 0.5) is 4.79 Å². The van der Waals surface area contributed by atoms with Crippen LogP contribution >= 0.6 is 0 Å². The number of aliphatic hydroxyl groups excluding tert-OH is 1. The van der Waals surface area contributed by atoms with Gasteiger partial charge in [-0.2, -0.15) is 0 Å². The lowest BCUT2D eigenvalue weighted by Gasteiger charge is -2.02. The van der Waals surface area contributed by atoms with Gasteiger partial charge in [-0.15, -0.1) is 6.58 Å². The summed E-state index contributed by atoms with van der Waals surface area (Å²) >= 11 is 0. The number of rotatable bonds is 3. The van der Waals surface area contributed by atoms with Gasteiger partial charge in [0.2, 0.25) is 0 Å². The van der Waals surface area contributed by atoms with Gasteiger partial charge < -0.3 is 15.6 Å². The van der Waals surface area contributed by atoms with Gasteiger partial charge in [-0.05, 0) is 0 Å². The number of hydrogen-bond donors (Lipinski definition) is 2. The SMILES string of the molecule is C=CC(O)COC(N)=O. The third-order valence-corrected chi connectivity index (χ3v) is 0.668. The van der Waals surface area contributed by atoms with Crippen molar-refractivity contribution in [3.8, 4) is 0 Å². The van der Waals surface area contributed by atoms with Crippen molar-refractivity contribution in [3.05, 3.63) is 12.7 Å². The summed E-state index contributed by atoms with van der Waals surface area (Å²) in [7, 11) is 0. The van der Waals surface area contributed by atoms with Crippen LogP contribution in [-0.2, 0) is 4.74 Å². The van der Waals surface area contributed by atoms with Crippen LogP contribution < -0.4 is 5.73 Å². The molecule has 0 aliphatic rings. The van der Waals surface area contributed by atoms with Crippen LogP contribution in [0, 0.1) is 0 Å². The Balaban J connectivity index is 3.26. The van der Waals surface area contributed by atoms with E-state index < -0.39 is 12.2 Å². The van der Waals surface area contributed by atoms with Gasteiger partial charge in [0.25, 0.3) is 0 Å². The number of amides is 1. The van der Waals surface area contributed by atoms with Crippen LogP contribution in [0.5, 0.6) is 0 Å². The average Bonchev–Trinajstić information content (AvgIpc) is 1.83. The lowest BCUT2D eigenvalue weighted by Crippen LogP contribution is -2.20. The Bertz CT molecular complexity index is 113. The molecule has 0 radical (unpaired) electrons. The summed E-state index contributed by atoms with van der Waals surface area (Å²) in [4.78, 5) is 9.87. The molecule has 0 heterocycles. The summed E-state index contributed by atoms with van der Waals surface area (Å²) in [6.45, 7) is 3.13. The van der Waals surface area contributed by atoms with Crippen molar-refractivity contribution in [2.45, 2.75) is 6.10 Å². The predicted octanol–water partition coefficient (Wildman–Crippen LogP) is -0.371. The summed E-state index contributed by atoms with van der Waals surface area (Å²) in [5.74, 6) is 0. The number of carbonyl (C=O) groups excluding carboxylic acids is 1. The van der Waals surface area contributed by atoms with Crippen molar-refractivity contribution in [3.63, 3.8) is 0 Å². The molecule has 0 aliphatic heterocycles. The zero-order chi connectivity index (χ0) is 7.28. The summed E-state index contributed by atoms with van der Waals surface area (Å²) in [6, 6.07) is 0. The van der Waals surface area contributed by atoms with Gasteiger partial charge in [-0.25, -0.2) is 4.79 Å². The average molecular weight is 131 g/mol. The second-order valence-corrected chi connectivity index (χ2v) is 1.43. The second-order valence-electron chi connectivity index (χ2n) is 1.43. The van der Waals surface area contributed by atoms with Crippen molar-refractivity contribution in [1.29, 1.82) is 0 Å². The first-order valence-corrected chi connectivity index (χ1v) is 2.39. The smallest absolute Gasteiger partial charge is 0.404 e. The Morgan fingerprint density at radius 1 is 2.00 bits per heavy atom. The number of carbonyl (C=O) groups is 1. The Labute approximate surface area is 52.9 Å². The van der Waals surface area contributed by atoms with E-state index in [1.165, 1.54) is 6.08 Å². The van der Waals surface area contributed by atoms with Crippen molar-refractivity contribution in [2.75, 3.05) is 6.61 Å². The number of nitrogens with two attached hydrogens (primary N) is 1. The standard InChI is InChI=1S/C5H9NO3/c1-2-4(7)3-9-5(6)8/h2,4,7H,1,3H2,(H2,6,8). The van der Waals surface area contributed by atoms with E-state index in [2.05, 4.69) is 17.0 Å². The fraction of sp³-hybridized carbons (Fsp3) is 0.400. The number of ether oxygens (including phenoxy) is 1. The Morgan fingerprint density at radius 2 is 2.56 bits per heavy atom. The Morgan fingerprint density at radius 3 is 2.89 bits per heavy atom. The van der Waals surface area contributed by atoms with E-state index in [1.54, 1.807) is 0 Å². The quantitative estimate of drug-likeness (QED) is 0.513. The van der Waals surface area contributed by atoms with Crippen molar-refractivity contribution in [1.82, 2.24) is 0 Å². The first-order valence-electron chi connectivity index (χ1n) is 2.39. The minimum atomic E-state index is -0.893. The molecule has 1 atom stereocenters. The molecule has 0 bridgehead atoms. The van der Waals surface area contributed by atoms with Crippen LogP contribution in [0.3, 0.4) is 0 Å². The molecule has 0 rings (SSSR count). The normalized spacial score (nSPS) is 12.1. The van der Waals surface area contributed by atoms with Crippen molar-refractivity contribution < 1.29 is 14.6 Å². The number of hydrogen-bond acceptors (Lipinski definition) is 3. The third kappa shape index (κ3) is 4.83. The highest BCUT2D eigenvalue weighted by atomic mass is 16.6. The van der Waals surface area contributed by atoms with Crippen LogP contribution in [0.25, 0.3) is 0 Å². The summed E-state index contributed by atoms with van der Waals surface area (Å²) < 4.78 is 4.21. The predicted molar refractivity (Wildman–Crippen MR) is 31.7 cm³/mol. The first-order chi connectivity index (χ1) is 4.16. The van der Waals surface area contributed by atoms with E-state index >= 15 is 0 Å². The third-order valence-electron chi connectivity index (χ3n) is 0.668. The van der Waals surface area contributed by atoms with Gasteiger partial charge in [0.15, 0.2) is 0 Å². The highest BCUT2D eigenvalue weighted by Crippen LogP contribution is 1.84. The number of aliphatic hydroxyl groups is 1. The molecule has 3 N–H and O–H groups in total. The molecular formula is C5H9NO3. The maximum Gasteiger partial charge on any atom is 0.404 e. The van der Waals surface area contributed by atoms with Gasteiger partial charge in [0, 0.05) is 0 Å². The summed E-state index contributed by atoms with van der Waals surface area (Å²) in [6.07, 6.45) is -0.462. The van der Waals surface area contributed by atoms with Crippen LogP contribution in [0.15, 0.2) is 12.7 Å². The van der Waals surface area contributed by atoms with Crippen LogP contribution in [0.2, 0.25) is 0 Å². The number of primary amides is 1. The Hall–Kier alpha value is -1.03. The summed E-state index contributed by atoms with van der Waals surface area (Å²) in [5, 5.41) is 8.66. The fourth-order valence-corrected chi connectivity index (χ4v) is 0.236. The van der Waals surface area contributed by atoms with E-state index in [0.717, 1.165) is 0 Å².